The number of halogens is 1. The third-order valence-electron chi connectivity index (χ3n) is 4.03. The molecule has 6 nitrogen and oxygen atoms in total. The lowest BCUT2D eigenvalue weighted by atomic mass is 10.1. The van der Waals surface area contributed by atoms with E-state index in [9.17, 15) is 13.2 Å². The lowest BCUT2D eigenvalue weighted by Crippen LogP contribution is -2.17. The predicted molar refractivity (Wildman–Crippen MR) is 110 cm³/mol. The molecular weight excluding hydrogens is 398 g/mol. The van der Waals surface area contributed by atoms with E-state index in [-0.39, 0.29) is 15.5 Å². The smallest absolute Gasteiger partial charge is 0.263 e. The first-order chi connectivity index (χ1) is 13.3. The highest BCUT2D eigenvalue weighted by Crippen LogP contribution is 2.27. The number of rotatable bonds is 5. The molecule has 1 heterocycles. The van der Waals surface area contributed by atoms with Crippen molar-refractivity contribution < 1.29 is 13.2 Å². The van der Waals surface area contributed by atoms with Crippen LogP contribution in [0.25, 0.3) is 0 Å². The lowest BCUT2D eigenvalue weighted by Gasteiger charge is -2.13. The minimum Gasteiger partial charge on any atom is -0.321 e. The van der Waals surface area contributed by atoms with Gasteiger partial charge in [-0.3, -0.25) is 14.5 Å². The van der Waals surface area contributed by atoms with Crippen LogP contribution in [0.2, 0.25) is 5.02 Å². The number of benzene rings is 2. The standard InChI is InChI=1S/C20H18ClN3O3S/c1-13-5-8-18(14(2)10-13)24-28(26,27)19-11-15(6-7-17(19)21)20(25)23-16-4-3-9-22-12-16/h3-12,24H,1-2H3,(H,23,25). The van der Waals surface area contributed by atoms with E-state index in [1.807, 2.05) is 26.0 Å². The number of nitrogens with one attached hydrogen (secondary N) is 2. The molecule has 0 atom stereocenters. The van der Waals surface area contributed by atoms with Crippen LogP contribution in [-0.4, -0.2) is 19.3 Å². The van der Waals surface area contributed by atoms with Gasteiger partial charge in [0, 0.05) is 11.8 Å². The molecule has 0 bridgehead atoms. The van der Waals surface area contributed by atoms with Crippen LogP contribution >= 0.6 is 11.6 Å². The molecule has 0 saturated carbocycles. The first kappa shape index (κ1) is 19.9. The zero-order valence-electron chi connectivity index (χ0n) is 15.2. The molecule has 28 heavy (non-hydrogen) atoms. The third kappa shape index (κ3) is 4.49. The van der Waals surface area contributed by atoms with Crippen molar-refractivity contribution in [1.82, 2.24) is 4.98 Å². The summed E-state index contributed by atoms with van der Waals surface area (Å²) >= 11 is 6.12. The molecule has 3 rings (SSSR count). The van der Waals surface area contributed by atoms with Gasteiger partial charge in [0.15, 0.2) is 0 Å². The predicted octanol–water partition coefficient (Wildman–Crippen LogP) is 4.40. The van der Waals surface area contributed by atoms with Gasteiger partial charge in [-0.15, -0.1) is 0 Å². The average Bonchev–Trinajstić information content (AvgIpc) is 2.65. The number of hydrogen-bond acceptors (Lipinski definition) is 4. The summed E-state index contributed by atoms with van der Waals surface area (Å²) in [4.78, 5) is 16.2. The minimum absolute atomic E-state index is 0.0233. The van der Waals surface area contributed by atoms with Crippen LogP contribution in [0.15, 0.2) is 65.8 Å². The second kappa shape index (κ2) is 8.00. The molecular formula is C20H18ClN3O3S. The van der Waals surface area contributed by atoms with Gasteiger partial charge in [0.1, 0.15) is 4.90 Å². The molecule has 0 fully saturated rings. The number of carbonyl (C=O) groups excluding carboxylic acids is 1. The summed E-state index contributed by atoms with van der Waals surface area (Å²) in [5.41, 5.74) is 2.92. The Labute approximate surface area is 168 Å². The maximum absolute atomic E-state index is 12.9. The average molecular weight is 416 g/mol. The van der Waals surface area contributed by atoms with Crippen molar-refractivity contribution in [2.75, 3.05) is 10.0 Å². The maximum Gasteiger partial charge on any atom is 0.263 e. The van der Waals surface area contributed by atoms with Crippen LogP contribution in [0.1, 0.15) is 21.5 Å². The largest absolute Gasteiger partial charge is 0.321 e. The van der Waals surface area contributed by atoms with Crippen molar-refractivity contribution in [3.63, 3.8) is 0 Å². The fourth-order valence-corrected chi connectivity index (χ4v) is 4.28. The topological polar surface area (TPSA) is 88.2 Å². The number of aryl methyl sites for hydroxylation is 2. The number of sulfonamides is 1. The van der Waals surface area contributed by atoms with Gasteiger partial charge in [-0.1, -0.05) is 29.3 Å². The van der Waals surface area contributed by atoms with Gasteiger partial charge < -0.3 is 5.32 Å². The monoisotopic (exact) mass is 415 g/mol. The summed E-state index contributed by atoms with van der Waals surface area (Å²) in [5, 5.41) is 2.68. The first-order valence-electron chi connectivity index (χ1n) is 8.37. The van der Waals surface area contributed by atoms with E-state index in [1.54, 1.807) is 24.4 Å². The molecule has 8 heteroatoms. The number of aromatic nitrogens is 1. The zero-order chi connectivity index (χ0) is 20.3. The molecule has 1 aromatic heterocycles. The van der Waals surface area contributed by atoms with Crippen LogP contribution in [-0.2, 0) is 10.0 Å². The van der Waals surface area contributed by atoms with E-state index >= 15 is 0 Å². The van der Waals surface area contributed by atoms with Crippen molar-refractivity contribution in [1.29, 1.82) is 0 Å². The van der Waals surface area contributed by atoms with Gasteiger partial charge in [0.2, 0.25) is 0 Å². The highest BCUT2D eigenvalue weighted by Gasteiger charge is 2.21. The van der Waals surface area contributed by atoms with E-state index in [2.05, 4.69) is 15.0 Å². The number of amides is 1. The van der Waals surface area contributed by atoms with Crippen LogP contribution in [0, 0.1) is 13.8 Å². The van der Waals surface area contributed by atoms with Gasteiger partial charge in [-0.25, -0.2) is 8.42 Å². The Morgan fingerprint density at radius 1 is 1.07 bits per heavy atom. The highest BCUT2D eigenvalue weighted by molar-refractivity contribution is 7.92. The van der Waals surface area contributed by atoms with Gasteiger partial charge >= 0.3 is 0 Å². The van der Waals surface area contributed by atoms with Gasteiger partial charge in [-0.2, -0.15) is 0 Å². The number of nitrogens with zero attached hydrogens (tertiary/aromatic N) is 1. The van der Waals surface area contributed by atoms with Crippen LogP contribution in [0.5, 0.6) is 0 Å². The molecule has 2 aromatic carbocycles. The fraction of sp³-hybridized carbons (Fsp3) is 0.100. The second-order valence-electron chi connectivity index (χ2n) is 6.26. The maximum atomic E-state index is 12.9. The number of carbonyl (C=O) groups is 1. The molecule has 0 saturated heterocycles. The minimum atomic E-state index is -3.98. The summed E-state index contributed by atoms with van der Waals surface area (Å²) in [6, 6.07) is 12.8. The second-order valence-corrected chi connectivity index (χ2v) is 8.32. The Kier molecular flexibility index (Phi) is 5.67. The highest BCUT2D eigenvalue weighted by atomic mass is 35.5. The number of anilines is 2. The first-order valence-corrected chi connectivity index (χ1v) is 10.2. The third-order valence-corrected chi connectivity index (χ3v) is 5.88. The molecule has 0 spiro atoms. The Morgan fingerprint density at radius 2 is 1.86 bits per heavy atom. The molecule has 3 aromatic rings. The molecule has 0 radical (unpaired) electrons. The molecule has 0 aliphatic heterocycles. The molecule has 0 aliphatic rings. The molecule has 2 N–H and O–H groups in total. The van der Waals surface area contributed by atoms with E-state index in [1.165, 1.54) is 24.4 Å². The zero-order valence-corrected chi connectivity index (χ0v) is 16.8. The fourth-order valence-electron chi connectivity index (χ4n) is 2.62. The quantitative estimate of drug-likeness (QED) is 0.646. The van der Waals surface area contributed by atoms with Crippen molar-refractivity contribution in [2.45, 2.75) is 18.7 Å². The van der Waals surface area contributed by atoms with E-state index in [0.717, 1.165) is 11.1 Å². The Bertz CT molecular complexity index is 1130. The normalized spacial score (nSPS) is 11.1. The van der Waals surface area contributed by atoms with Crippen LogP contribution in [0.3, 0.4) is 0 Å². The Morgan fingerprint density at radius 3 is 2.54 bits per heavy atom. The van der Waals surface area contributed by atoms with Crippen LogP contribution in [0.4, 0.5) is 11.4 Å². The molecule has 1 amide bonds. The summed E-state index contributed by atoms with van der Waals surface area (Å²) in [7, 11) is -3.98. The summed E-state index contributed by atoms with van der Waals surface area (Å²) in [6.45, 7) is 3.73. The van der Waals surface area contributed by atoms with Gasteiger partial charge in [0.05, 0.1) is 22.6 Å². The van der Waals surface area contributed by atoms with Gasteiger partial charge in [0.25, 0.3) is 15.9 Å². The Hall–Kier alpha value is -2.90. The van der Waals surface area contributed by atoms with Gasteiger partial charge in [-0.05, 0) is 55.8 Å². The molecule has 0 unspecified atom stereocenters. The summed E-state index contributed by atoms with van der Waals surface area (Å²) in [5.74, 6) is -0.465. The van der Waals surface area contributed by atoms with E-state index < -0.39 is 15.9 Å². The Balaban J connectivity index is 1.90. The SMILES string of the molecule is Cc1ccc(NS(=O)(=O)c2cc(C(=O)Nc3cccnc3)ccc2Cl)c(C)c1. The number of hydrogen-bond donors (Lipinski definition) is 2. The van der Waals surface area contributed by atoms with Crippen molar-refractivity contribution in [2.24, 2.45) is 0 Å². The van der Waals surface area contributed by atoms with Crippen LogP contribution < -0.4 is 10.0 Å². The van der Waals surface area contributed by atoms with Crippen molar-refractivity contribution in [3.05, 3.63) is 82.6 Å². The van der Waals surface area contributed by atoms with E-state index in [0.29, 0.717) is 11.4 Å². The molecule has 144 valence electrons. The lowest BCUT2D eigenvalue weighted by molar-refractivity contribution is 0.102. The summed E-state index contributed by atoms with van der Waals surface area (Å²) in [6.07, 6.45) is 3.08. The summed E-state index contributed by atoms with van der Waals surface area (Å²) < 4.78 is 28.2. The van der Waals surface area contributed by atoms with E-state index in [4.69, 9.17) is 11.6 Å². The molecule has 0 aliphatic carbocycles. The number of pyridine rings is 1. The van der Waals surface area contributed by atoms with Crippen molar-refractivity contribution in [3.8, 4) is 0 Å². The van der Waals surface area contributed by atoms with Crippen molar-refractivity contribution >= 4 is 38.9 Å².